The minimum absolute atomic E-state index is 0.000602. The maximum Gasteiger partial charge on any atom is 0.351 e. The van der Waals surface area contributed by atoms with Crippen molar-refractivity contribution in [1.82, 2.24) is 14.2 Å². The lowest BCUT2D eigenvalue weighted by Crippen LogP contribution is -2.43. The van der Waals surface area contributed by atoms with Crippen molar-refractivity contribution in [2.24, 2.45) is 0 Å². The molecular weight excluding hydrogens is 817 g/mol. The first-order valence-electron chi connectivity index (χ1n) is 20.3. The van der Waals surface area contributed by atoms with E-state index in [0.717, 1.165) is 16.7 Å². The number of nitrogens with zero attached hydrogens (tertiary/aromatic N) is 4. The SMILES string of the molecule is COc1ccc(C(OC[C@H]2O[C@@H](n3ccc(N)nc3=O)[C@H](OCOC(=O)CCC(C)=O)[C@@H]2OP(OCCC#N)N(C(C)C)C(C)C)(c2ccccc2)c2ccc(OC)cc2)cc1. The van der Waals surface area contributed by atoms with Gasteiger partial charge in [0.1, 0.15) is 47.0 Å². The normalized spacial score (nSPS) is 18.1. The predicted molar refractivity (Wildman–Crippen MR) is 231 cm³/mol. The number of nitriles is 1. The molecule has 1 fully saturated rings. The Bertz CT molecular complexity index is 2090. The van der Waals surface area contributed by atoms with E-state index >= 15 is 0 Å². The third-order valence-electron chi connectivity index (χ3n) is 10.1. The molecule has 1 unspecified atom stereocenters. The lowest BCUT2D eigenvalue weighted by Gasteiger charge is -2.39. The number of benzene rings is 3. The van der Waals surface area contributed by atoms with Gasteiger partial charge in [0.2, 0.25) is 0 Å². The smallest absolute Gasteiger partial charge is 0.351 e. The number of rotatable bonds is 23. The van der Waals surface area contributed by atoms with Crippen LogP contribution < -0.4 is 20.9 Å². The van der Waals surface area contributed by atoms with Gasteiger partial charge < -0.3 is 48.0 Å². The number of anilines is 1. The molecule has 3 aromatic carbocycles. The summed E-state index contributed by atoms with van der Waals surface area (Å²) >= 11 is 0. The molecule has 2 N–H and O–H groups in total. The number of nitrogen functional groups attached to an aromatic ring is 1. The van der Waals surface area contributed by atoms with Crippen molar-refractivity contribution >= 4 is 26.1 Å². The summed E-state index contributed by atoms with van der Waals surface area (Å²) in [6.07, 6.45) is -3.01. The molecule has 1 saturated heterocycles. The topological polar surface area (TPSA) is 196 Å². The minimum atomic E-state index is -1.93. The summed E-state index contributed by atoms with van der Waals surface area (Å²) in [5.41, 5.74) is 6.23. The predicted octanol–water partition coefficient (Wildman–Crippen LogP) is 6.67. The number of ether oxygens (including phenoxy) is 6. The lowest BCUT2D eigenvalue weighted by molar-refractivity contribution is -0.171. The fraction of sp³-hybridized carbons (Fsp3) is 0.444. The largest absolute Gasteiger partial charge is 0.497 e. The van der Waals surface area contributed by atoms with Crippen LogP contribution in [0.3, 0.4) is 0 Å². The molecular formula is C45H56N5O11P. The number of nitrogens with two attached hydrogens (primary N) is 1. The first-order valence-corrected chi connectivity index (χ1v) is 21.5. The number of Topliss-reactive ketones (excluding diaryl/α,β-unsaturated/α-hetero) is 1. The molecule has 1 aromatic heterocycles. The molecule has 0 spiro atoms. The van der Waals surface area contributed by atoms with Crippen LogP contribution in [0.15, 0.2) is 95.9 Å². The first-order chi connectivity index (χ1) is 29.8. The van der Waals surface area contributed by atoms with Crippen molar-refractivity contribution in [3.63, 3.8) is 0 Å². The second-order valence-electron chi connectivity index (χ2n) is 15.0. The standard InChI is InChI=1S/C45H56N5O11P/c1-30(2)50(31(3)4)62(59-27-11-25-46)61-41-38(60-43(49-26-24-39(47)48-44(49)53)42(41)57-29-56-40(52)23-14-32(5)51)28-58-45(33-12-9-8-10-13-33,34-15-19-36(54-6)20-16-34)35-17-21-37(55-7)22-18-35/h8-10,12-13,15-22,24,26,30-31,38,41-43H,11,14,23,27-29H2,1-7H3,(H2,47,48,53)/t38-,41-,42-,43-,62?/m1/s1. The van der Waals surface area contributed by atoms with Gasteiger partial charge in [0.25, 0.3) is 8.53 Å². The molecule has 16 nitrogen and oxygen atoms in total. The number of carbonyl (C=O) groups is 2. The number of carbonyl (C=O) groups excluding carboxylic acids is 2. The van der Waals surface area contributed by atoms with Gasteiger partial charge in [-0.05, 0) is 81.6 Å². The Balaban J connectivity index is 1.66. The summed E-state index contributed by atoms with van der Waals surface area (Å²) in [6.45, 7) is 8.76. The molecule has 1 aliphatic rings. The van der Waals surface area contributed by atoms with E-state index in [9.17, 15) is 19.6 Å². The van der Waals surface area contributed by atoms with Gasteiger partial charge in [-0.25, -0.2) is 9.46 Å². The first kappa shape index (κ1) is 47.8. The molecule has 0 amide bonds. The molecule has 0 aliphatic carbocycles. The summed E-state index contributed by atoms with van der Waals surface area (Å²) in [6, 6.07) is 28.3. The van der Waals surface area contributed by atoms with Crippen molar-refractivity contribution in [3.05, 3.63) is 118 Å². The molecule has 0 bridgehead atoms. The van der Waals surface area contributed by atoms with Gasteiger partial charge in [-0.2, -0.15) is 10.2 Å². The van der Waals surface area contributed by atoms with E-state index in [4.69, 9.17) is 43.2 Å². The van der Waals surface area contributed by atoms with Gasteiger partial charge in [-0.1, -0.05) is 54.6 Å². The van der Waals surface area contributed by atoms with Crippen LogP contribution in [0, 0.1) is 11.3 Å². The molecule has 332 valence electrons. The van der Waals surface area contributed by atoms with Crippen LogP contribution in [0.1, 0.15) is 76.8 Å². The van der Waals surface area contributed by atoms with E-state index < -0.39 is 57.1 Å². The van der Waals surface area contributed by atoms with E-state index in [1.165, 1.54) is 23.8 Å². The Morgan fingerprint density at radius 3 is 2.03 bits per heavy atom. The van der Waals surface area contributed by atoms with E-state index in [-0.39, 0.29) is 56.2 Å². The summed E-state index contributed by atoms with van der Waals surface area (Å²) in [5, 5.41) is 9.45. The quantitative estimate of drug-likeness (QED) is 0.0273. The number of aromatic nitrogens is 2. The molecule has 0 radical (unpaired) electrons. The zero-order valence-electron chi connectivity index (χ0n) is 36.2. The molecule has 5 atom stereocenters. The molecule has 4 aromatic rings. The molecule has 0 saturated carbocycles. The van der Waals surface area contributed by atoms with Gasteiger partial charge in [-0.3, -0.25) is 9.36 Å². The number of hydrogen-bond donors (Lipinski definition) is 1. The van der Waals surface area contributed by atoms with Crippen molar-refractivity contribution < 1.29 is 47.1 Å². The van der Waals surface area contributed by atoms with Crippen LogP contribution >= 0.6 is 8.53 Å². The van der Waals surface area contributed by atoms with Gasteiger partial charge in [-0.15, -0.1) is 0 Å². The van der Waals surface area contributed by atoms with Crippen molar-refractivity contribution in [3.8, 4) is 17.6 Å². The van der Waals surface area contributed by atoms with Crippen LogP contribution in [0.25, 0.3) is 0 Å². The Morgan fingerprint density at radius 1 is 0.903 bits per heavy atom. The zero-order chi connectivity index (χ0) is 44.8. The van der Waals surface area contributed by atoms with Gasteiger partial charge in [0.05, 0.1) is 46.3 Å². The minimum Gasteiger partial charge on any atom is -0.497 e. The van der Waals surface area contributed by atoms with Gasteiger partial charge >= 0.3 is 11.7 Å². The van der Waals surface area contributed by atoms with Crippen LogP contribution in [-0.4, -0.2) is 90.6 Å². The van der Waals surface area contributed by atoms with Gasteiger partial charge in [0.15, 0.2) is 13.0 Å². The monoisotopic (exact) mass is 873 g/mol. The summed E-state index contributed by atoms with van der Waals surface area (Å²) in [4.78, 5) is 41.8. The second-order valence-corrected chi connectivity index (χ2v) is 16.4. The highest BCUT2D eigenvalue weighted by Crippen LogP contribution is 2.51. The fourth-order valence-electron chi connectivity index (χ4n) is 7.20. The maximum atomic E-state index is 13.5. The zero-order valence-corrected chi connectivity index (χ0v) is 37.1. The third kappa shape index (κ3) is 11.8. The average Bonchev–Trinajstić information content (AvgIpc) is 3.59. The van der Waals surface area contributed by atoms with E-state index in [2.05, 4.69) is 15.7 Å². The van der Waals surface area contributed by atoms with Crippen molar-refractivity contribution in [2.75, 3.05) is 40.0 Å². The number of methoxy groups -OCH3 is 2. The third-order valence-corrected chi connectivity index (χ3v) is 12.2. The highest BCUT2D eigenvalue weighted by atomic mass is 31.2. The lowest BCUT2D eigenvalue weighted by atomic mass is 9.80. The van der Waals surface area contributed by atoms with Crippen molar-refractivity contribution in [2.45, 2.75) is 96.1 Å². The second kappa shape index (κ2) is 22.7. The Hall–Kier alpha value is -5.24. The number of hydrogen-bond acceptors (Lipinski definition) is 15. The Labute approximate surface area is 363 Å². The molecule has 62 heavy (non-hydrogen) atoms. The fourth-order valence-corrected chi connectivity index (χ4v) is 8.97. The van der Waals surface area contributed by atoms with Crippen LogP contribution in [0.2, 0.25) is 0 Å². The maximum absolute atomic E-state index is 13.5. The Kier molecular flexibility index (Phi) is 17.5. The summed E-state index contributed by atoms with van der Waals surface area (Å²) < 4.78 is 53.6. The number of ketones is 1. The molecule has 17 heteroatoms. The van der Waals surface area contributed by atoms with Crippen molar-refractivity contribution in [1.29, 1.82) is 5.26 Å². The average molecular weight is 874 g/mol. The van der Waals surface area contributed by atoms with E-state index in [1.807, 2.05) is 107 Å². The number of esters is 1. The molecule has 5 rings (SSSR count). The summed E-state index contributed by atoms with van der Waals surface area (Å²) in [7, 11) is 1.26. The Morgan fingerprint density at radius 2 is 1.50 bits per heavy atom. The summed E-state index contributed by atoms with van der Waals surface area (Å²) in [5.74, 6) is 0.474. The van der Waals surface area contributed by atoms with E-state index in [1.54, 1.807) is 14.2 Å². The van der Waals surface area contributed by atoms with Gasteiger partial charge in [0, 0.05) is 24.7 Å². The highest BCUT2D eigenvalue weighted by Gasteiger charge is 2.52. The van der Waals surface area contributed by atoms with Crippen LogP contribution in [0.4, 0.5) is 5.82 Å². The van der Waals surface area contributed by atoms with Crippen LogP contribution in [-0.2, 0) is 43.2 Å². The highest BCUT2D eigenvalue weighted by molar-refractivity contribution is 7.44. The van der Waals surface area contributed by atoms with Crippen LogP contribution in [0.5, 0.6) is 11.5 Å². The van der Waals surface area contributed by atoms with E-state index in [0.29, 0.717) is 11.5 Å². The molecule has 2 heterocycles. The molecule has 1 aliphatic heterocycles.